The van der Waals surface area contributed by atoms with Gasteiger partial charge in [-0.05, 0) is 23.9 Å². The molecular formula is C16H16N2O3S. The molecule has 2 N–H and O–H groups in total. The zero-order valence-electron chi connectivity index (χ0n) is 12.3. The van der Waals surface area contributed by atoms with Crippen LogP contribution in [-0.2, 0) is 6.54 Å². The highest BCUT2D eigenvalue weighted by Crippen LogP contribution is 2.22. The summed E-state index contributed by atoms with van der Waals surface area (Å²) < 4.78 is 0. The van der Waals surface area contributed by atoms with Crippen LogP contribution < -0.4 is 10.6 Å². The molecule has 1 aromatic carbocycles. The summed E-state index contributed by atoms with van der Waals surface area (Å²) in [4.78, 5) is 34.9. The van der Waals surface area contributed by atoms with Crippen LogP contribution >= 0.6 is 11.3 Å². The van der Waals surface area contributed by atoms with Gasteiger partial charge in [0.05, 0.1) is 10.6 Å². The van der Waals surface area contributed by atoms with E-state index in [0.29, 0.717) is 22.7 Å². The zero-order chi connectivity index (χ0) is 16.1. The van der Waals surface area contributed by atoms with E-state index in [0.717, 1.165) is 5.56 Å². The van der Waals surface area contributed by atoms with Crippen LogP contribution in [0.2, 0.25) is 0 Å². The number of carbonyl (C=O) groups is 3. The summed E-state index contributed by atoms with van der Waals surface area (Å²) in [6.07, 6.45) is 0. The van der Waals surface area contributed by atoms with Gasteiger partial charge in [-0.2, -0.15) is 0 Å². The SMILES string of the molecule is CC(=O)c1ccc(CNC(=O)Nc2ccsc2C(C)=O)cc1. The molecule has 0 aliphatic carbocycles. The summed E-state index contributed by atoms with van der Waals surface area (Å²) in [5, 5.41) is 7.12. The maximum atomic E-state index is 11.9. The Morgan fingerprint density at radius 2 is 1.68 bits per heavy atom. The number of urea groups is 1. The van der Waals surface area contributed by atoms with Gasteiger partial charge in [-0.15, -0.1) is 11.3 Å². The van der Waals surface area contributed by atoms with Crippen molar-refractivity contribution in [3.05, 3.63) is 51.7 Å². The van der Waals surface area contributed by atoms with Gasteiger partial charge in [-0.3, -0.25) is 9.59 Å². The van der Waals surface area contributed by atoms with Gasteiger partial charge in [0, 0.05) is 19.0 Å². The van der Waals surface area contributed by atoms with Gasteiger partial charge in [-0.25, -0.2) is 4.79 Å². The molecular weight excluding hydrogens is 300 g/mol. The standard InChI is InChI=1S/C16H16N2O3S/c1-10(19)13-5-3-12(4-6-13)9-17-16(21)18-14-7-8-22-15(14)11(2)20/h3-8H,9H2,1-2H3,(H2,17,18,21). The van der Waals surface area contributed by atoms with Gasteiger partial charge >= 0.3 is 6.03 Å². The van der Waals surface area contributed by atoms with Gasteiger partial charge in [0.2, 0.25) is 0 Å². The molecule has 0 saturated carbocycles. The molecule has 2 aromatic rings. The van der Waals surface area contributed by atoms with Crippen molar-refractivity contribution in [2.75, 3.05) is 5.32 Å². The number of anilines is 1. The van der Waals surface area contributed by atoms with Crippen molar-refractivity contribution in [2.45, 2.75) is 20.4 Å². The largest absolute Gasteiger partial charge is 0.334 e. The molecule has 1 heterocycles. The summed E-state index contributed by atoms with van der Waals surface area (Å²) in [7, 11) is 0. The highest BCUT2D eigenvalue weighted by Gasteiger charge is 2.11. The number of hydrogen-bond acceptors (Lipinski definition) is 4. The summed E-state index contributed by atoms with van der Waals surface area (Å²) >= 11 is 1.29. The Balaban J connectivity index is 1.91. The van der Waals surface area contributed by atoms with Gasteiger partial charge in [0.15, 0.2) is 11.6 Å². The van der Waals surface area contributed by atoms with Crippen molar-refractivity contribution >= 4 is 34.6 Å². The molecule has 114 valence electrons. The normalized spacial score (nSPS) is 10.1. The van der Waals surface area contributed by atoms with E-state index in [4.69, 9.17) is 0 Å². The fourth-order valence-electron chi connectivity index (χ4n) is 1.89. The van der Waals surface area contributed by atoms with Gasteiger partial charge in [0.1, 0.15) is 0 Å². The first-order chi connectivity index (χ1) is 10.5. The van der Waals surface area contributed by atoms with Crippen LogP contribution in [0.4, 0.5) is 10.5 Å². The number of Topliss-reactive ketones (excluding diaryl/α,β-unsaturated/α-hetero) is 2. The number of benzene rings is 1. The molecule has 0 aliphatic rings. The van der Waals surface area contributed by atoms with Crippen molar-refractivity contribution in [2.24, 2.45) is 0 Å². The third-order valence-corrected chi connectivity index (χ3v) is 4.06. The zero-order valence-corrected chi connectivity index (χ0v) is 13.1. The topological polar surface area (TPSA) is 75.3 Å². The maximum Gasteiger partial charge on any atom is 0.319 e. The van der Waals surface area contributed by atoms with Crippen molar-refractivity contribution in [3.8, 4) is 0 Å². The Labute approximate surface area is 132 Å². The van der Waals surface area contributed by atoms with E-state index < -0.39 is 0 Å². The van der Waals surface area contributed by atoms with Crippen molar-refractivity contribution < 1.29 is 14.4 Å². The Kier molecular flexibility index (Phi) is 5.06. The highest BCUT2D eigenvalue weighted by molar-refractivity contribution is 7.12. The molecule has 0 atom stereocenters. The average Bonchev–Trinajstić information content (AvgIpc) is 2.94. The second kappa shape index (κ2) is 7.00. The third kappa shape index (κ3) is 4.02. The molecule has 22 heavy (non-hydrogen) atoms. The van der Waals surface area contributed by atoms with Crippen LogP contribution in [0.5, 0.6) is 0 Å². The fraction of sp³-hybridized carbons (Fsp3) is 0.188. The number of rotatable bonds is 5. The van der Waals surface area contributed by atoms with Crippen molar-refractivity contribution in [1.82, 2.24) is 5.32 Å². The molecule has 6 heteroatoms. The summed E-state index contributed by atoms with van der Waals surface area (Å²) in [5.74, 6) is -0.0726. The number of nitrogens with one attached hydrogen (secondary N) is 2. The smallest absolute Gasteiger partial charge is 0.319 e. The van der Waals surface area contributed by atoms with Crippen molar-refractivity contribution in [1.29, 1.82) is 0 Å². The summed E-state index contributed by atoms with van der Waals surface area (Å²) in [6, 6.07) is 8.36. The van der Waals surface area contributed by atoms with Crippen LogP contribution in [0.25, 0.3) is 0 Å². The monoisotopic (exact) mass is 316 g/mol. The van der Waals surface area contributed by atoms with E-state index in [-0.39, 0.29) is 17.6 Å². The summed E-state index contributed by atoms with van der Waals surface area (Å²) in [6.45, 7) is 3.31. The first-order valence-electron chi connectivity index (χ1n) is 6.70. The molecule has 2 rings (SSSR count). The second-order valence-electron chi connectivity index (χ2n) is 4.78. The molecule has 0 bridgehead atoms. The molecule has 0 radical (unpaired) electrons. The minimum absolute atomic E-state index is 0.00599. The Morgan fingerprint density at radius 3 is 2.27 bits per heavy atom. The quantitative estimate of drug-likeness (QED) is 0.829. The van der Waals surface area contributed by atoms with Crippen LogP contribution in [0, 0.1) is 0 Å². The molecule has 1 aromatic heterocycles. The molecule has 0 saturated heterocycles. The molecule has 0 spiro atoms. The average molecular weight is 316 g/mol. The number of ketones is 2. The van der Waals surface area contributed by atoms with Crippen LogP contribution in [-0.4, -0.2) is 17.6 Å². The summed E-state index contributed by atoms with van der Waals surface area (Å²) in [5.41, 5.74) is 2.04. The van der Waals surface area contributed by atoms with Crippen LogP contribution in [0.15, 0.2) is 35.7 Å². The lowest BCUT2D eigenvalue weighted by Crippen LogP contribution is -2.28. The first-order valence-corrected chi connectivity index (χ1v) is 7.58. The lowest BCUT2D eigenvalue weighted by Gasteiger charge is -2.08. The van der Waals surface area contributed by atoms with Gasteiger partial charge in [0.25, 0.3) is 0 Å². The molecule has 0 aliphatic heterocycles. The second-order valence-corrected chi connectivity index (χ2v) is 5.70. The number of amides is 2. The minimum atomic E-state index is -0.378. The third-order valence-electron chi connectivity index (χ3n) is 3.05. The van der Waals surface area contributed by atoms with E-state index in [1.54, 1.807) is 35.7 Å². The van der Waals surface area contributed by atoms with Crippen molar-refractivity contribution in [3.63, 3.8) is 0 Å². The van der Waals surface area contributed by atoms with Gasteiger partial charge < -0.3 is 10.6 Å². The van der Waals surface area contributed by atoms with E-state index in [2.05, 4.69) is 10.6 Å². The fourth-order valence-corrected chi connectivity index (χ4v) is 2.64. The minimum Gasteiger partial charge on any atom is -0.334 e. The molecule has 2 amide bonds. The lowest BCUT2D eigenvalue weighted by atomic mass is 10.1. The number of thiophene rings is 1. The number of hydrogen-bond donors (Lipinski definition) is 2. The number of carbonyl (C=O) groups excluding carboxylic acids is 3. The predicted octanol–water partition coefficient (Wildman–Crippen LogP) is 3.48. The van der Waals surface area contributed by atoms with E-state index >= 15 is 0 Å². The molecule has 0 fully saturated rings. The first kappa shape index (κ1) is 15.9. The highest BCUT2D eigenvalue weighted by atomic mass is 32.1. The maximum absolute atomic E-state index is 11.9. The Morgan fingerprint density at radius 1 is 1.00 bits per heavy atom. The predicted molar refractivity (Wildman–Crippen MR) is 86.6 cm³/mol. The Bertz CT molecular complexity index is 704. The van der Waals surface area contributed by atoms with E-state index in [1.165, 1.54) is 25.2 Å². The van der Waals surface area contributed by atoms with Crippen LogP contribution in [0.1, 0.15) is 39.4 Å². The Hall–Kier alpha value is -2.47. The van der Waals surface area contributed by atoms with E-state index in [1.807, 2.05) is 0 Å². The lowest BCUT2D eigenvalue weighted by molar-refractivity contribution is 0.101. The van der Waals surface area contributed by atoms with Gasteiger partial charge in [-0.1, -0.05) is 24.3 Å². The molecule has 5 nitrogen and oxygen atoms in total. The van der Waals surface area contributed by atoms with E-state index in [9.17, 15) is 14.4 Å². The molecule has 0 unspecified atom stereocenters. The van der Waals surface area contributed by atoms with Crippen LogP contribution in [0.3, 0.4) is 0 Å².